The van der Waals surface area contributed by atoms with Crippen LogP contribution in [0, 0.1) is 0 Å². The summed E-state index contributed by atoms with van der Waals surface area (Å²) in [5.41, 5.74) is 19.5. The van der Waals surface area contributed by atoms with Crippen LogP contribution in [0.2, 0.25) is 0 Å². The van der Waals surface area contributed by atoms with Crippen LogP contribution in [0.3, 0.4) is 0 Å². The van der Waals surface area contributed by atoms with E-state index in [4.69, 9.17) is 9.72 Å². The summed E-state index contributed by atoms with van der Waals surface area (Å²) in [5.74, 6) is 2.45. The molecule has 5 heteroatoms. The van der Waals surface area contributed by atoms with Crippen molar-refractivity contribution in [3.8, 4) is 28.4 Å². The minimum Gasteiger partial charge on any atom is -0.457 e. The number of anilines is 4. The van der Waals surface area contributed by atoms with Gasteiger partial charge in [-0.2, -0.15) is 0 Å². The van der Waals surface area contributed by atoms with E-state index in [1.807, 2.05) is 18.3 Å². The number of ether oxygens (including phenoxy) is 1. The van der Waals surface area contributed by atoms with E-state index in [1.165, 1.54) is 78.1 Å². The van der Waals surface area contributed by atoms with E-state index in [9.17, 15) is 0 Å². The van der Waals surface area contributed by atoms with Crippen molar-refractivity contribution in [1.29, 1.82) is 0 Å². The predicted octanol–water partition coefficient (Wildman–Crippen LogP) is 17.1. The quantitative estimate of drug-likeness (QED) is 0.176. The molecule has 0 amide bonds. The third-order valence-corrected chi connectivity index (χ3v) is 15.4. The minimum atomic E-state index is -0.659. The molecule has 9 aromatic rings. The zero-order valence-electron chi connectivity index (χ0n) is 42.9. The van der Waals surface area contributed by atoms with E-state index in [0.717, 1.165) is 39.4 Å². The Morgan fingerprint density at radius 3 is 1.70 bits per heavy atom. The molecule has 2 aliphatic heterocycles. The minimum absolute atomic E-state index is 0.0634. The predicted molar refractivity (Wildman–Crippen MR) is 293 cm³/mol. The number of pyridine rings is 1. The van der Waals surface area contributed by atoms with Gasteiger partial charge < -0.3 is 14.5 Å². The highest BCUT2D eigenvalue weighted by atomic mass is 16.5. The molecule has 7 aromatic carbocycles. The number of nitrogens with zero attached hydrogens (tertiary/aromatic N) is 4. The molecule has 3 aliphatic rings. The Morgan fingerprint density at radius 1 is 0.471 bits per heavy atom. The van der Waals surface area contributed by atoms with Crippen LogP contribution in [0.25, 0.3) is 38.8 Å². The highest BCUT2D eigenvalue weighted by Gasteiger charge is 2.57. The Labute approximate surface area is 414 Å². The number of hydrogen-bond donors (Lipinski definition) is 0. The van der Waals surface area contributed by atoms with E-state index in [2.05, 4.69) is 237 Å². The first kappa shape index (κ1) is 44.1. The lowest BCUT2D eigenvalue weighted by atomic mass is 9.59. The first-order valence-electron chi connectivity index (χ1n) is 25.1. The lowest BCUT2D eigenvalue weighted by Crippen LogP contribution is -2.40. The van der Waals surface area contributed by atoms with Gasteiger partial charge in [0.2, 0.25) is 0 Å². The molecule has 2 aromatic heterocycles. The van der Waals surface area contributed by atoms with E-state index >= 15 is 0 Å². The molecule has 0 fully saturated rings. The third kappa shape index (κ3) is 6.46. The molecule has 0 N–H and O–H groups in total. The third-order valence-electron chi connectivity index (χ3n) is 15.4. The van der Waals surface area contributed by atoms with Gasteiger partial charge in [0.15, 0.2) is 0 Å². The Hall–Kier alpha value is -7.11. The van der Waals surface area contributed by atoms with Gasteiger partial charge in [-0.3, -0.25) is 4.57 Å². The van der Waals surface area contributed by atoms with Gasteiger partial charge in [0, 0.05) is 34.8 Å². The van der Waals surface area contributed by atoms with Crippen LogP contribution < -0.4 is 14.5 Å². The summed E-state index contributed by atoms with van der Waals surface area (Å²) in [6, 6.07) is 56.4. The lowest BCUT2D eigenvalue weighted by molar-refractivity contribution is 0.482. The van der Waals surface area contributed by atoms with Crippen LogP contribution in [0.15, 0.2) is 158 Å². The summed E-state index contributed by atoms with van der Waals surface area (Å²) in [6.07, 6.45) is 1.86. The maximum Gasteiger partial charge on any atom is 0.137 e. The SMILES string of the molecule is CC(C)(C)c1cc2c(c(C(C)(C)C)c1)C1(c3ccc(Oc4ccc5c6ccccc6n(-c6ccccn6)c5c4)cc3N3CN(c4ccccc4)c4cccc1c43)c1c-2cc(C(C)(C)C)cc1C(C)(C)C. The fraction of sp³-hybridized carbons (Fsp3) is 0.277. The van der Waals surface area contributed by atoms with Crippen LogP contribution in [-0.4, -0.2) is 16.2 Å². The molecule has 4 heterocycles. The zero-order chi connectivity index (χ0) is 48.9. The van der Waals surface area contributed by atoms with E-state index in [0.29, 0.717) is 6.67 Å². The number of aromatic nitrogens is 2. The maximum absolute atomic E-state index is 7.13. The Balaban J connectivity index is 1.17. The second-order valence-electron chi connectivity index (χ2n) is 24.1. The molecule has 12 rings (SSSR count). The van der Waals surface area contributed by atoms with Crippen molar-refractivity contribution in [3.05, 3.63) is 202 Å². The first-order valence-corrected chi connectivity index (χ1v) is 25.1. The normalized spacial score (nSPS) is 14.9. The summed E-state index contributed by atoms with van der Waals surface area (Å²) < 4.78 is 9.38. The molecule has 0 atom stereocenters. The van der Waals surface area contributed by atoms with Gasteiger partial charge in [0.25, 0.3) is 0 Å². The Morgan fingerprint density at radius 2 is 1.07 bits per heavy atom. The average molecular weight is 917 g/mol. The maximum atomic E-state index is 7.13. The molecular formula is C65H64N4O. The highest BCUT2D eigenvalue weighted by molar-refractivity contribution is 6.09. The Kier molecular flexibility index (Phi) is 9.42. The summed E-state index contributed by atoms with van der Waals surface area (Å²) in [4.78, 5) is 9.88. The van der Waals surface area contributed by atoms with Crippen molar-refractivity contribution < 1.29 is 4.74 Å². The Bertz CT molecular complexity index is 3510. The van der Waals surface area contributed by atoms with Gasteiger partial charge in [0.1, 0.15) is 24.0 Å². The van der Waals surface area contributed by atoms with E-state index < -0.39 is 5.41 Å². The number of para-hydroxylation sites is 3. The van der Waals surface area contributed by atoms with Crippen LogP contribution >= 0.6 is 0 Å². The van der Waals surface area contributed by atoms with E-state index in [1.54, 1.807) is 0 Å². The number of hydrogen-bond acceptors (Lipinski definition) is 4. The van der Waals surface area contributed by atoms with Crippen LogP contribution in [-0.2, 0) is 27.1 Å². The zero-order valence-corrected chi connectivity index (χ0v) is 42.9. The van der Waals surface area contributed by atoms with Gasteiger partial charge in [-0.05, 0) is 132 Å². The van der Waals surface area contributed by atoms with Crippen molar-refractivity contribution in [3.63, 3.8) is 0 Å². The fourth-order valence-electron chi connectivity index (χ4n) is 12.0. The average Bonchev–Trinajstić information content (AvgIpc) is 3.97. The molecule has 0 radical (unpaired) electrons. The fourth-order valence-corrected chi connectivity index (χ4v) is 12.0. The lowest BCUT2D eigenvalue weighted by Gasteiger charge is -2.46. The summed E-state index contributed by atoms with van der Waals surface area (Å²) in [5, 5.41) is 2.35. The number of benzene rings is 7. The van der Waals surface area contributed by atoms with Gasteiger partial charge in [-0.1, -0.05) is 168 Å². The van der Waals surface area contributed by atoms with Gasteiger partial charge in [-0.25, -0.2) is 4.98 Å². The molecule has 0 saturated heterocycles. The molecule has 70 heavy (non-hydrogen) atoms. The second-order valence-corrected chi connectivity index (χ2v) is 24.1. The van der Waals surface area contributed by atoms with Gasteiger partial charge in [0.05, 0.1) is 33.5 Å². The van der Waals surface area contributed by atoms with Gasteiger partial charge in [-0.15, -0.1) is 0 Å². The van der Waals surface area contributed by atoms with Crippen molar-refractivity contribution >= 4 is 44.6 Å². The van der Waals surface area contributed by atoms with Crippen LogP contribution in [0.5, 0.6) is 11.5 Å². The number of rotatable bonds is 4. The van der Waals surface area contributed by atoms with Crippen molar-refractivity contribution in [2.45, 2.75) is 110 Å². The molecule has 0 saturated carbocycles. The summed E-state index contributed by atoms with van der Waals surface area (Å²) in [6.45, 7) is 29.4. The molecule has 5 nitrogen and oxygen atoms in total. The van der Waals surface area contributed by atoms with Crippen molar-refractivity contribution in [1.82, 2.24) is 9.55 Å². The standard InChI is InChI=1S/C65H64N4O/c1-61(2,3)40-33-47-48-34-41(62(4,5)6)36-52(64(10,11)12)59(48)65(58(47)51(35-40)63(7,8)9)49-31-29-44(38-56(49)68-39-67(42-21-14-13-15-22-42)54-26-20-24-50(65)60(54)68)70-43-28-30-46-45-23-16-17-25-53(45)69(55(46)37-43)57-27-18-19-32-66-57/h13-38H,39H2,1-12H3. The summed E-state index contributed by atoms with van der Waals surface area (Å²) in [7, 11) is 0. The van der Waals surface area contributed by atoms with Gasteiger partial charge >= 0.3 is 0 Å². The molecule has 0 unspecified atom stereocenters. The van der Waals surface area contributed by atoms with E-state index in [-0.39, 0.29) is 21.7 Å². The molecule has 0 bridgehead atoms. The topological polar surface area (TPSA) is 33.5 Å². The summed E-state index contributed by atoms with van der Waals surface area (Å²) >= 11 is 0. The van der Waals surface area contributed by atoms with Crippen LogP contribution in [0.4, 0.5) is 22.7 Å². The van der Waals surface area contributed by atoms with Crippen LogP contribution in [0.1, 0.15) is 128 Å². The van der Waals surface area contributed by atoms with Crippen molar-refractivity contribution in [2.75, 3.05) is 16.5 Å². The molecule has 1 spiro atoms. The number of fused-ring (bicyclic) bond motifs is 12. The van der Waals surface area contributed by atoms with Crippen molar-refractivity contribution in [2.24, 2.45) is 0 Å². The monoisotopic (exact) mass is 917 g/mol. The first-order chi connectivity index (χ1) is 33.2. The highest BCUT2D eigenvalue weighted by Crippen LogP contribution is 2.68. The molecular weight excluding hydrogens is 853 g/mol. The molecule has 350 valence electrons. The smallest absolute Gasteiger partial charge is 0.137 e. The second kappa shape index (κ2) is 14.9. The largest absolute Gasteiger partial charge is 0.457 e. The molecule has 1 aliphatic carbocycles.